The summed E-state index contributed by atoms with van der Waals surface area (Å²) in [5, 5.41) is 0. The summed E-state index contributed by atoms with van der Waals surface area (Å²) in [4.78, 5) is 18.8. The largest absolute Gasteiger partial charge is 0.337 e. The number of hydrogen-bond donors (Lipinski definition) is 0. The van der Waals surface area contributed by atoms with Gasteiger partial charge in [-0.3, -0.25) is 4.79 Å². The zero-order valence-electron chi connectivity index (χ0n) is 10.3. The molecule has 0 N–H and O–H groups in total. The summed E-state index contributed by atoms with van der Waals surface area (Å²) >= 11 is 6.95. The molecule has 98 valence electrons. The summed E-state index contributed by atoms with van der Waals surface area (Å²) in [7, 11) is 0. The van der Waals surface area contributed by atoms with Gasteiger partial charge in [0.25, 0.3) is 5.91 Å². The van der Waals surface area contributed by atoms with E-state index in [9.17, 15) is 4.79 Å². The van der Waals surface area contributed by atoms with Crippen LogP contribution in [0.1, 0.15) is 30.3 Å². The third-order valence-corrected chi connectivity index (χ3v) is 4.64. The zero-order valence-corrected chi connectivity index (χ0v) is 13.4. The van der Waals surface area contributed by atoms with Crippen molar-refractivity contribution in [2.24, 2.45) is 5.92 Å². The smallest absolute Gasteiger partial charge is 0.272 e. The molecule has 3 nitrogen and oxygen atoms in total. The highest BCUT2D eigenvalue weighted by Crippen LogP contribution is 2.25. The average Bonchev–Trinajstić information content (AvgIpc) is 2.39. The van der Waals surface area contributed by atoms with Gasteiger partial charge in [0.15, 0.2) is 0 Å². The van der Waals surface area contributed by atoms with Crippen molar-refractivity contribution in [3.63, 3.8) is 0 Å². The predicted molar refractivity (Wildman–Crippen MR) is 79.0 cm³/mol. The number of pyridine rings is 1. The lowest BCUT2D eigenvalue weighted by molar-refractivity contribution is 0.0685. The van der Waals surface area contributed by atoms with Crippen LogP contribution in [0.3, 0.4) is 0 Å². The molecule has 1 amide bonds. The van der Waals surface area contributed by atoms with Crippen LogP contribution in [0.15, 0.2) is 22.8 Å². The van der Waals surface area contributed by atoms with Gasteiger partial charge in [0, 0.05) is 28.6 Å². The van der Waals surface area contributed by atoms with E-state index in [1.54, 1.807) is 12.3 Å². The Hall–Kier alpha value is -0.420. The Balaban J connectivity index is 1.97. The van der Waals surface area contributed by atoms with Gasteiger partial charge in [0.2, 0.25) is 0 Å². The Labute approximate surface area is 124 Å². The number of carbonyl (C=O) groups is 1. The van der Waals surface area contributed by atoms with Gasteiger partial charge in [-0.2, -0.15) is 0 Å². The van der Waals surface area contributed by atoms with Crippen LogP contribution in [0, 0.1) is 5.92 Å². The number of nitrogens with zero attached hydrogens (tertiary/aromatic N) is 2. The lowest BCUT2D eigenvalue weighted by atomic mass is 9.94. The summed E-state index contributed by atoms with van der Waals surface area (Å²) in [6.07, 6.45) is 3.80. The molecule has 1 aliphatic rings. The van der Waals surface area contributed by atoms with Gasteiger partial charge in [0.05, 0.1) is 0 Å². The summed E-state index contributed by atoms with van der Waals surface area (Å²) in [6.45, 7) is 3.84. The highest BCUT2D eigenvalue weighted by atomic mass is 79.9. The fraction of sp³-hybridized carbons (Fsp3) is 0.538. The Kier molecular flexibility index (Phi) is 4.78. The molecular weight excluding hydrogens is 360 g/mol. The van der Waals surface area contributed by atoms with Gasteiger partial charge < -0.3 is 4.90 Å². The normalized spacial score (nSPS) is 18.7. The first-order valence-electron chi connectivity index (χ1n) is 6.13. The van der Waals surface area contributed by atoms with E-state index in [1.165, 1.54) is 0 Å². The number of rotatable bonds is 2. The van der Waals surface area contributed by atoms with Crippen LogP contribution in [0.5, 0.6) is 0 Å². The maximum atomic E-state index is 12.2. The number of halogens is 2. The van der Waals surface area contributed by atoms with E-state index in [4.69, 9.17) is 0 Å². The zero-order chi connectivity index (χ0) is 13.1. The van der Waals surface area contributed by atoms with E-state index < -0.39 is 0 Å². The summed E-state index contributed by atoms with van der Waals surface area (Å²) in [6, 6.07) is 3.62. The molecule has 0 bridgehead atoms. The number of hydrogen-bond acceptors (Lipinski definition) is 2. The predicted octanol–water partition coefficient (Wildman–Crippen LogP) is 3.48. The minimum atomic E-state index is 0.0446. The molecule has 5 heteroatoms. The maximum absolute atomic E-state index is 12.2. The van der Waals surface area contributed by atoms with Crippen molar-refractivity contribution in [1.29, 1.82) is 0 Å². The third-order valence-electron chi connectivity index (χ3n) is 3.42. The van der Waals surface area contributed by atoms with Crippen molar-refractivity contribution >= 4 is 37.8 Å². The molecule has 0 radical (unpaired) electrons. The quantitative estimate of drug-likeness (QED) is 0.741. The SMILES string of the molecule is CC(Br)C1CCN(C(=O)c2ccc(Br)cn2)CC1. The first kappa shape index (κ1) is 14.0. The van der Waals surface area contributed by atoms with Crippen LogP contribution < -0.4 is 0 Å². The fourth-order valence-electron chi connectivity index (χ4n) is 2.23. The topological polar surface area (TPSA) is 33.2 Å². The molecule has 0 aromatic carbocycles. The lowest BCUT2D eigenvalue weighted by Crippen LogP contribution is -2.40. The molecule has 1 saturated heterocycles. The van der Waals surface area contributed by atoms with Crippen LogP contribution in [0.2, 0.25) is 0 Å². The molecular formula is C13H16Br2N2O. The van der Waals surface area contributed by atoms with Crippen LogP contribution in [0.25, 0.3) is 0 Å². The van der Waals surface area contributed by atoms with Crippen molar-refractivity contribution in [3.8, 4) is 0 Å². The van der Waals surface area contributed by atoms with E-state index in [-0.39, 0.29) is 5.91 Å². The van der Waals surface area contributed by atoms with Crippen molar-refractivity contribution in [3.05, 3.63) is 28.5 Å². The second-order valence-electron chi connectivity index (χ2n) is 4.67. The molecule has 1 aromatic heterocycles. The first-order chi connectivity index (χ1) is 8.58. The maximum Gasteiger partial charge on any atom is 0.272 e. The summed E-state index contributed by atoms with van der Waals surface area (Å²) in [5.41, 5.74) is 0.531. The number of carbonyl (C=O) groups excluding carboxylic acids is 1. The Morgan fingerprint density at radius 3 is 2.61 bits per heavy atom. The average molecular weight is 376 g/mol. The molecule has 0 saturated carbocycles. The summed E-state index contributed by atoms with van der Waals surface area (Å²) < 4.78 is 0.894. The standard InChI is InChI=1S/C13H16Br2N2O/c1-9(14)10-4-6-17(7-5-10)13(18)12-3-2-11(15)8-16-12/h2-3,8-10H,4-7H2,1H3. The molecule has 1 unspecified atom stereocenters. The Morgan fingerprint density at radius 2 is 2.11 bits per heavy atom. The van der Waals surface area contributed by atoms with Gasteiger partial charge in [-0.05, 0) is 46.8 Å². The molecule has 2 heterocycles. The number of amides is 1. The van der Waals surface area contributed by atoms with Crippen LogP contribution in [0.4, 0.5) is 0 Å². The fourth-order valence-corrected chi connectivity index (χ4v) is 2.99. The molecule has 1 atom stereocenters. The van der Waals surface area contributed by atoms with E-state index in [2.05, 4.69) is 43.8 Å². The first-order valence-corrected chi connectivity index (χ1v) is 7.83. The lowest BCUT2D eigenvalue weighted by Gasteiger charge is -2.33. The van der Waals surface area contributed by atoms with E-state index in [0.717, 1.165) is 30.4 Å². The summed E-state index contributed by atoms with van der Waals surface area (Å²) in [5.74, 6) is 0.718. The Bertz CT molecular complexity index is 412. The molecule has 0 spiro atoms. The molecule has 18 heavy (non-hydrogen) atoms. The monoisotopic (exact) mass is 374 g/mol. The molecule has 1 fully saturated rings. The van der Waals surface area contributed by atoms with Crippen molar-refractivity contribution in [2.75, 3.05) is 13.1 Å². The van der Waals surface area contributed by atoms with Crippen molar-refractivity contribution < 1.29 is 4.79 Å². The van der Waals surface area contributed by atoms with Gasteiger partial charge in [-0.1, -0.05) is 22.9 Å². The number of aromatic nitrogens is 1. The number of likely N-dealkylation sites (tertiary alicyclic amines) is 1. The minimum Gasteiger partial charge on any atom is -0.337 e. The van der Waals surface area contributed by atoms with Gasteiger partial charge in [0.1, 0.15) is 5.69 Å². The van der Waals surface area contributed by atoms with Crippen LogP contribution in [-0.4, -0.2) is 33.7 Å². The number of piperidine rings is 1. The molecule has 0 aliphatic carbocycles. The van der Waals surface area contributed by atoms with E-state index in [1.807, 2.05) is 11.0 Å². The highest BCUT2D eigenvalue weighted by molar-refractivity contribution is 9.10. The van der Waals surface area contributed by atoms with Gasteiger partial charge >= 0.3 is 0 Å². The molecule has 2 rings (SSSR count). The van der Waals surface area contributed by atoms with Crippen molar-refractivity contribution in [2.45, 2.75) is 24.6 Å². The molecule has 1 aliphatic heterocycles. The highest BCUT2D eigenvalue weighted by Gasteiger charge is 2.26. The van der Waals surface area contributed by atoms with E-state index in [0.29, 0.717) is 16.4 Å². The van der Waals surface area contributed by atoms with Crippen molar-refractivity contribution in [1.82, 2.24) is 9.88 Å². The second-order valence-corrected chi connectivity index (χ2v) is 7.03. The van der Waals surface area contributed by atoms with Crippen LogP contribution >= 0.6 is 31.9 Å². The van der Waals surface area contributed by atoms with E-state index >= 15 is 0 Å². The second kappa shape index (κ2) is 6.15. The number of alkyl halides is 1. The Morgan fingerprint density at radius 1 is 1.44 bits per heavy atom. The molecule has 1 aromatic rings. The minimum absolute atomic E-state index is 0.0446. The van der Waals surface area contributed by atoms with Gasteiger partial charge in [-0.15, -0.1) is 0 Å². The van der Waals surface area contributed by atoms with Gasteiger partial charge in [-0.25, -0.2) is 4.98 Å². The van der Waals surface area contributed by atoms with Crippen LogP contribution in [-0.2, 0) is 0 Å². The third kappa shape index (κ3) is 3.32.